The Balaban J connectivity index is 1.56. The highest BCUT2D eigenvalue weighted by atomic mass is 19.4. The number of aromatic nitrogens is 1. The molecule has 170 valence electrons. The summed E-state index contributed by atoms with van der Waals surface area (Å²) in [5, 5.41) is 12.8. The van der Waals surface area contributed by atoms with E-state index >= 15 is 0 Å². The number of amides is 1. The van der Waals surface area contributed by atoms with Gasteiger partial charge in [0.15, 0.2) is 0 Å². The number of piperidine rings is 1. The monoisotopic (exact) mass is 445 g/mol. The number of rotatable bonds is 4. The lowest BCUT2D eigenvalue weighted by molar-refractivity contribution is -0.141. The summed E-state index contributed by atoms with van der Waals surface area (Å²) in [5.74, 6) is -0.133. The molecule has 1 atom stereocenters. The molecule has 1 amide bonds. The molecular weight excluding hydrogens is 419 g/mol. The number of nitrogens with zero attached hydrogens (tertiary/aromatic N) is 2. The van der Waals surface area contributed by atoms with Crippen LogP contribution in [-0.2, 0) is 23.8 Å². The van der Waals surface area contributed by atoms with Crippen LogP contribution in [0.15, 0.2) is 36.4 Å². The summed E-state index contributed by atoms with van der Waals surface area (Å²) in [6, 6.07) is 7.96. The Kier molecular flexibility index (Phi) is 6.50. The van der Waals surface area contributed by atoms with Crippen molar-refractivity contribution in [2.45, 2.75) is 50.8 Å². The van der Waals surface area contributed by atoms with Gasteiger partial charge in [-0.1, -0.05) is 12.1 Å². The van der Waals surface area contributed by atoms with Crippen molar-refractivity contribution in [3.8, 4) is 0 Å². The molecular formula is C24H26F3N3O2. The molecule has 2 aromatic rings. The zero-order valence-corrected chi connectivity index (χ0v) is 17.7. The normalized spacial score (nSPS) is 19.1. The van der Waals surface area contributed by atoms with E-state index in [1.165, 1.54) is 18.2 Å². The topological polar surface area (TPSA) is 65.5 Å². The van der Waals surface area contributed by atoms with Crippen LogP contribution in [0.5, 0.6) is 0 Å². The Morgan fingerprint density at radius 3 is 2.69 bits per heavy atom. The second kappa shape index (κ2) is 9.32. The molecule has 4 rings (SSSR count). The second-order valence-corrected chi connectivity index (χ2v) is 8.32. The second-order valence-electron chi connectivity index (χ2n) is 8.32. The van der Waals surface area contributed by atoms with Crippen LogP contribution >= 0.6 is 0 Å². The van der Waals surface area contributed by atoms with Crippen molar-refractivity contribution in [3.63, 3.8) is 0 Å². The first-order valence-electron chi connectivity index (χ1n) is 10.9. The number of aryl methyl sites for hydroxylation is 1. The summed E-state index contributed by atoms with van der Waals surface area (Å²) < 4.78 is 39.6. The van der Waals surface area contributed by atoms with Crippen LogP contribution in [0.1, 0.15) is 48.1 Å². The Hall–Kier alpha value is -2.87. The van der Waals surface area contributed by atoms with Gasteiger partial charge in [-0.25, -0.2) is 4.98 Å². The van der Waals surface area contributed by atoms with Crippen LogP contribution in [0.25, 0.3) is 6.08 Å². The molecule has 5 nitrogen and oxygen atoms in total. The molecule has 1 aliphatic carbocycles. The highest BCUT2D eigenvalue weighted by Crippen LogP contribution is 2.32. The van der Waals surface area contributed by atoms with E-state index in [1.54, 1.807) is 6.07 Å². The number of halogens is 3. The summed E-state index contributed by atoms with van der Waals surface area (Å²) in [5.41, 5.74) is 2.22. The number of fused-ring (bicyclic) bond motifs is 1. The molecule has 2 N–H and O–H groups in total. The maximum Gasteiger partial charge on any atom is 0.433 e. The van der Waals surface area contributed by atoms with Crippen molar-refractivity contribution in [1.82, 2.24) is 4.98 Å². The fourth-order valence-corrected chi connectivity index (χ4v) is 4.33. The summed E-state index contributed by atoms with van der Waals surface area (Å²) in [7, 11) is 0. The molecule has 2 aliphatic rings. The largest absolute Gasteiger partial charge is 0.433 e. The number of benzene rings is 1. The highest BCUT2D eigenvalue weighted by Gasteiger charge is 2.33. The van der Waals surface area contributed by atoms with Crippen LogP contribution in [0, 0.1) is 0 Å². The smallest absolute Gasteiger partial charge is 0.393 e. The van der Waals surface area contributed by atoms with Gasteiger partial charge in [0.1, 0.15) is 11.5 Å². The highest BCUT2D eigenvalue weighted by molar-refractivity contribution is 6.02. The molecule has 0 radical (unpaired) electrons. The molecule has 0 bridgehead atoms. The molecule has 1 saturated heterocycles. The SMILES string of the molecule is O=C(/C=C\c1ccc(C(F)(F)F)nc1N1CCCCC1)Nc1cccc2c1CC(O)CC2. The molecule has 2 heterocycles. The summed E-state index contributed by atoms with van der Waals surface area (Å²) in [4.78, 5) is 18.3. The maximum atomic E-state index is 13.2. The molecule has 1 aromatic heterocycles. The first-order valence-corrected chi connectivity index (χ1v) is 10.9. The van der Waals surface area contributed by atoms with Gasteiger partial charge in [0.25, 0.3) is 0 Å². The van der Waals surface area contributed by atoms with Gasteiger partial charge in [0, 0.05) is 36.8 Å². The van der Waals surface area contributed by atoms with E-state index in [0.717, 1.165) is 42.9 Å². The van der Waals surface area contributed by atoms with Crippen LogP contribution in [0.2, 0.25) is 0 Å². The average Bonchev–Trinajstić information content (AvgIpc) is 2.78. The number of hydrogen-bond donors (Lipinski definition) is 2. The van der Waals surface area contributed by atoms with Crippen molar-refractivity contribution in [1.29, 1.82) is 0 Å². The summed E-state index contributed by atoms with van der Waals surface area (Å²) >= 11 is 0. The summed E-state index contributed by atoms with van der Waals surface area (Å²) in [6.45, 7) is 1.28. The number of aliphatic hydroxyl groups excluding tert-OH is 1. The zero-order chi connectivity index (χ0) is 22.7. The standard InChI is InChI=1S/C24H26F3N3O2/c25-24(26,27)21-11-8-17(23(29-21)30-13-2-1-3-14-30)9-12-22(32)28-20-6-4-5-16-7-10-18(31)15-19(16)20/h4-6,8-9,11-12,18,31H,1-3,7,10,13-15H2,(H,28,32)/b12-9-. The number of anilines is 2. The van der Waals surface area contributed by atoms with E-state index in [4.69, 9.17) is 0 Å². The number of alkyl halides is 3. The van der Waals surface area contributed by atoms with Crippen molar-refractivity contribution in [2.24, 2.45) is 0 Å². The Bertz CT molecular complexity index is 1010. The lowest BCUT2D eigenvalue weighted by Crippen LogP contribution is -2.31. The molecule has 32 heavy (non-hydrogen) atoms. The average molecular weight is 445 g/mol. The first kappa shape index (κ1) is 22.3. The van der Waals surface area contributed by atoms with Crippen molar-refractivity contribution >= 4 is 23.5 Å². The Morgan fingerprint density at radius 2 is 1.94 bits per heavy atom. The van der Waals surface area contributed by atoms with Crippen molar-refractivity contribution < 1.29 is 23.1 Å². The van der Waals surface area contributed by atoms with E-state index in [-0.39, 0.29) is 11.7 Å². The number of carbonyl (C=O) groups is 1. The molecule has 0 saturated carbocycles. The minimum atomic E-state index is -4.53. The van der Waals surface area contributed by atoms with Crippen molar-refractivity contribution in [2.75, 3.05) is 23.3 Å². The van der Waals surface area contributed by atoms with Crippen LogP contribution < -0.4 is 10.2 Å². The molecule has 1 unspecified atom stereocenters. The molecule has 1 fully saturated rings. The minimum absolute atomic E-state index is 0.254. The number of hydrogen-bond acceptors (Lipinski definition) is 4. The van der Waals surface area contributed by atoms with Gasteiger partial charge in [-0.05, 0) is 67.5 Å². The lowest BCUT2D eigenvalue weighted by Gasteiger charge is -2.29. The number of aliphatic hydroxyl groups is 1. The van der Waals surface area contributed by atoms with Gasteiger partial charge in [0.2, 0.25) is 5.91 Å². The molecule has 1 aliphatic heterocycles. The van der Waals surface area contributed by atoms with Gasteiger partial charge in [-0.2, -0.15) is 13.2 Å². The maximum absolute atomic E-state index is 13.2. The number of carbonyl (C=O) groups excluding carboxylic acids is 1. The fourth-order valence-electron chi connectivity index (χ4n) is 4.33. The number of pyridine rings is 1. The van der Waals surface area contributed by atoms with Crippen LogP contribution in [-0.4, -0.2) is 35.2 Å². The molecule has 8 heteroatoms. The van der Waals surface area contributed by atoms with Gasteiger partial charge >= 0.3 is 6.18 Å². The fraction of sp³-hybridized carbons (Fsp3) is 0.417. The van der Waals surface area contributed by atoms with Gasteiger partial charge in [0.05, 0.1) is 6.10 Å². The molecule has 1 aromatic carbocycles. The predicted molar refractivity (Wildman–Crippen MR) is 117 cm³/mol. The van der Waals surface area contributed by atoms with Crippen molar-refractivity contribution in [3.05, 3.63) is 58.8 Å². The van der Waals surface area contributed by atoms with E-state index in [0.29, 0.717) is 37.2 Å². The van der Waals surface area contributed by atoms with E-state index in [9.17, 15) is 23.1 Å². The lowest BCUT2D eigenvalue weighted by atomic mass is 9.88. The van der Waals surface area contributed by atoms with Gasteiger partial charge in [-0.3, -0.25) is 4.79 Å². The summed E-state index contributed by atoms with van der Waals surface area (Å²) in [6.07, 6.45) is 2.64. The van der Waals surface area contributed by atoms with E-state index < -0.39 is 18.0 Å². The van der Waals surface area contributed by atoms with Gasteiger partial charge < -0.3 is 15.3 Å². The quantitative estimate of drug-likeness (QED) is 0.676. The van der Waals surface area contributed by atoms with Gasteiger partial charge in [-0.15, -0.1) is 0 Å². The third kappa shape index (κ3) is 5.12. The van der Waals surface area contributed by atoms with Crippen LogP contribution in [0.3, 0.4) is 0 Å². The number of nitrogens with one attached hydrogen (secondary N) is 1. The van der Waals surface area contributed by atoms with E-state index in [1.807, 2.05) is 17.0 Å². The van der Waals surface area contributed by atoms with E-state index in [2.05, 4.69) is 10.3 Å². The zero-order valence-electron chi connectivity index (χ0n) is 17.7. The predicted octanol–water partition coefficient (Wildman–Crippen LogP) is 4.59. The third-order valence-electron chi connectivity index (χ3n) is 5.98. The molecule has 0 spiro atoms. The Morgan fingerprint density at radius 1 is 1.16 bits per heavy atom. The first-order chi connectivity index (χ1) is 15.3. The minimum Gasteiger partial charge on any atom is -0.393 e. The third-order valence-corrected chi connectivity index (χ3v) is 5.98. The Labute approximate surface area is 185 Å². The van der Waals surface area contributed by atoms with Crippen LogP contribution in [0.4, 0.5) is 24.7 Å².